The molecule has 0 aliphatic heterocycles. The second-order valence-corrected chi connectivity index (χ2v) is 13.8. The van der Waals surface area contributed by atoms with Crippen LogP contribution in [0, 0.1) is 0 Å². The molecule has 0 radical (unpaired) electrons. The van der Waals surface area contributed by atoms with Crippen LogP contribution in [-0.4, -0.2) is 0 Å². The Kier molecular flexibility index (Phi) is 6.55. The molecule has 0 amide bonds. The highest BCUT2D eigenvalue weighted by Gasteiger charge is 2.40. The fourth-order valence-electron chi connectivity index (χ4n) is 8.17. The van der Waals surface area contributed by atoms with Crippen molar-refractivity contribution in [2.75, 3.05) is 4.90 Å². The lowest BCUT2D eigenvalue weighted by Gasteiger charge is -2.32. The molecule has 1 heterocycles. The van der Waals surface area contributed by atoms with Crippen molar-refractivity contribution in [2.45, 2.75) is 32.1 Å². The maximum atomic E-state index is 2.49. The number of hydrogen-bond acceptors (Lipinski definition) is 2. The molecule has 226 valence electrons. The van der Waals surface area contributed by atoms with E-state index in [1.54, 1.807) is 0 Å². The van der Waals surface area contributed by atoms with E-state index in [-0.39, 0.29) is 5.41 Å². The molecule has 0 N–H and O–H groups in total. The molecule has 47 heavy (non-hydrogen) atoms. The fraction of sp³-hybridized carbons (Fsp3) is 0.111. The molecule has 9 rings (SSSR count). The number of hydrogen-bond donors (Lipinski definition) is 0. The van der Waals surface area contributed by atoms with Crippen molar-refractivity contribution in [3.8, 4) is 22.3 Å². The smallest absolute Gasteiger partial charge is 0.0540 e. The van der Waals surface area contributed by atoms with Crippen LogP contribution >= 0.6 is 11.3 Å². The first-order valence-electron chi connectivity index (χ1n) is 16.7. The van der Waals surface area contributed by atoms with Gasteiger partial charge in [0, 0.05) is 47.7 Å². The average molecular weight is 622 g/mol. The molecular formula is C45H35NS. The van der Waals surface area contributed by atoms with E-state index in [0.29, 0.717) is 0 Å². The van der Waals surface area contributed by atoms with Crippen LogP contribution in [0.1, 0.15) is 37.8 Å². The summed E-state index contributed by atoms with van der Waals surface area (Å²) in [7, 11) is 0. The van der Waals surface area contributed by atoms with Crippen LogP contribution in [0.15, 0.2) is 152 Å². The molecule has 1 aliphatic rings. The van der Waals surface area contributed by atoms with Gasteiger partial charge in [-0.15, -0.1) is 11.3 Å². The zero-order valence-corrected chi connectivity index (χ0v) is 27.5. The largest absolute Gasteiger partial charge is 0.310 e. The molecule has 0 bridgehead atoms. The van der Waals surface area contributed by atoms with Gasteiger partial charge in [0.25, 0.3) is 0 Å². The lowest BCUT2D eigenvalue weighted by Crippen LogP contribution is -2.23. The maximum absolute atomic E-state index is 2.49. The van der Waals surface area contributed by atoms with Crippen LogP contribution in [-0.2, 0) is 5.41 Å². The van der Waals surface area contributed by atoms with Gasteiger partial charge in [0.2, 0.25) is 0 Å². The zero-order valence-electron chi connectivity index (χ0n) is 26.7. The Morgan fingerprint density at radius 2 is 1.13 bits per heavy atom. The third-order valence-corrected chi connectivity index (χ3v) is 11.8. The van der Waals surface area contributed by atoms with Gasteiger partial charge in [-0.05, 0) is 82.6 Å². The molecule has 0 atom stereocenters. The number of thiophene rings is 1. The van der Waals surface area contributed by atoms with E-state index < -0.39 is 0 Å². The zero-order chi connectivity index (χ0) is 31.5. The van der Waals surface area contributed by atoms with E-state index in [1.807, 2.05) is 11.3 Å². The van der Waals surface area contributed by atoms with E-state index in [0.717, 1.165) is 18.5 Å². The van der Waals surface area contributed by atoms with Crippen molar-refractivity contribution in [3.05, 3.63) is 163 Å². The van der Waals surface area contributed by atoms with Crippen LogP contribution in [0.25, 0.3) is 53.2 Å². The number of rotatable bonds is 6. The molecule has 1 aromatic heterocycles. The predicted molar refractivity (Wildman–Crippen MR) is 204 cm³/mol. The summed E-state index contributed by atoms with van der Waals surface area (Å²) < 4.78 is 2.69. The Bertz CT molecular complexity index is 2430. The lowest BCUT2D eigenvalue weighted by molar-refractivity contribution is 0.490. The van der Waals surface area contributed by atoms with Gasteiger partial charge in [-0.3, -0.25) is 0 Å². The first kappa shape index (κ1) is 28.1. The highest BCUT2D eigenvalue weighted by atomic mass is 32.1. The summed E-state index contributed by atoms with van der Waals surface area (Å²) in [6.45, 7) is 4.70. The van der Waals surface area contributed by atoms with Crippen LogP contribution in [0.5, 0.6) is 0 Å². The standard InChI is InChI=1S/C45H35NS/c1-3-45(4-2)40-18-10-8-15-34(40)35-26-25-33(29-41(35)45)46(32-23-21-31(22-24-32)30-13-6-5-7-14-30)42-19-12-17-38-36(42)27-28-39-37-16-9-11-20-43(37)47-44(38)39/h5-29H,3-4H2,1-2H3. The van der Waals surface area contributed by atoms with Gasteiger partial charge in [0.15, 0.2) is 0 Å². The molecule has 1 nitrogen and oxygen atoms in total. The summed E-state index contributed by atoms with van der Waals surface area (Å²) in [6, 6.07) is 56.3. The molecule has 0 spiro atoms. The number of fused-ring (bicyclic) bond motifs is 8. The van der Waals surface area contributed by atoms with Gasteiger partial charge in [0.05, 0.1) is 5.69 Å². The number of nitrogens with zero attached hydrogens (tertiary/aromatic N) is 1. The van der Waals surface area contributed by atoms with Crippen molar-refractivity contribution >= 4 is 59.3 Å². The minimum Gasteiger partial charge on any atom is -0.310 e. The van der Waals surface area contributed by atoms with Crippen molar-refractivity contribution < 1.29 is 0 Å². The summed E-state index contributed by atoms with van der Waals surface area (Å²) in [6.07, 6.45) is 2.14. The SMILES string of the molecule is CCC1(CC)c2ccccc2-c2ccc(N(c3ccc(-c4ccccc4)cc3)c3cccc4c3ccc3c5ccccc5sc43)cc21. The van der Waals surface area contributed by atoms with E-state index in [2.05, 4.69) is 170 Å². The normalized spacial score (nSPS) is 13.2. The van der Waals surface area contributed by atoms with Gasteiger partial charge < -0.3 is 4.90 Å². The van der Waals surface area contributed by atoms with Gasteiger partial charge in [-0.25, -0.2) is 0 Å². The Morgan fingerprint density at radius 3 is 1.96 bits per heavy atom. The Hall–Kier alpha value is -5.18. The first-order chi connectivity index (χ1) is 23.2. The van der Waals surface area contributed by atoms with E-state index >= 15 is 0 Å². The molecule has 8 aromatic rings. The monoisotopic (exact) mass is 621 g/mol. The molecule has 0 saturated heterocycles. The minimum absolute atomic E-state index is 0.00671. The summed E-state index contributed by atoms with van der Waals surface area (Å²) in [5, 5.41) is 5.23. The van der Waals surface area contributed by atoms with Gasteiger partial charge in [-0.2, -0.15) is 0 Å². The predicted octanol–water partition coefficient (Wildman–Crippen LogP) is 13.4. The summed E-state index contributed by atoms with van der Waals surface area (Å²) in [5.41, 5.74) is 11.7. The molecule has 0 unspecified atom stereocenters. The molecule has 1 aliphatic carbocycles. The third-order valence-electron chi connectivity index (χ3n) is 10.6. The van der Waals surface area contributed by atoms with Crippen molar-refractivity contribution in [3.63, 3.8) is 0 Å². The average Bonchev–Trinajstić information content (AvgIpc) is 3.66. The Labute approximate surface area is 280 Å². The van der Waals surface area contributed by atoms with Gasteiger partial charge in [-0.1, -0.05) is 129 Å². The summed E-state index contributed by atoms with van der Waals surface area (Å²) in [4.78, 5) is 2.48. The van der Waals surface area contributed by atoms with Crippen LogP contribution in [0.3, 0.4) is 0 Å². The molecule has 2 heteroatoms. The second-order valence-electron chi connectivity index (χ2n) is 12.7. The Morgan fingerprint density at radius 1 is 0.489 bits per heavy atom. The first-order valence-corrected chi connectivity index (χ1v) is 17.5. The minimum atomic E-state index is 0.00671. The van der Waals surface area contributed by atoms with E-state index in [4.69, 9.17) is 0 Å². The van der Waals surface area contributed by atoms with Crippen LogP contribution < -0.4 is 4.90 Å². The van der Waals surface area contributed by atoms with E-state index in [1.165, 1.54) is 75.7 Å². The fourth-order valence-corrected chi connectivity index (χ4v) is 9.40. The quantitative estimate of drug-likeness (QED) is 0.179. The van der Waals surface area contributed by atoms with Crippen LogP contribution in [0.2, 0.25) is 0 Å². The van der Waals surface area contributed by atoms with Gasteiger partial charge >= 0.3 is 0 Å². The van der Waals surface area contributed by atoms with Crippen molar-refractivity contribution in [1.82, 2.24) is 0 Å². The maximum Gasteiger partial charge on any atom is 0.0540 e. The van der Waals surface area contributed by atoms with Crippen molar-refractivity contribution in [2.24, 2.45) is 0 Å². The molecular weight excluding hydrogens is 587 g/mol. The lowest BCUT2D eigenvalue weighted by atomic mass is 9.74. The molecule has 0 fully saturated rings. The van der Waals surface area contributed by atoms with Crippen LogP contribution in [0.4, 0.5) is 17.1 Å². The second kappa shape index (κ2) is 11.0. The number of benzene rings is 7. The van der Waals surface area contributed by atoms with E-state index in [9.17, 15) is 0 Å². The summed E-state index contributed by atoms with van der Waals surface area (Å²) >= 11 is 1.90. The number of anilines is 3. The molecule has 7 aromatic carbocycles. The highest BCUT2D eigenvalue weighted by molar-refractivity contribution is 7.26. The summed E-state index contributed by atoms with van der Waals surface area (Å²) in [5.74, 6) is 0. The third kappa shape index (κ3) is 4.21. The Balaban J connectivity index is 1.28. The topological polar surface area (TPSA) is 3.24 Å². The molecule has 0 saturated carbocycles. The van der Waals surface area contributed by atoms with Gasteiger partial charge in [0.1, 0.15) is 0 Å². The highest BCUT2D eigenvalue weighted by Crippen LogP contribution is 2.54. The van der Waals surface area contributed by atoms with Crippen molar-refractivity contribution in [1.29, 1.82) is 0 Å².